The molecule has 0 radical (unpaired) electrons. The number of aryl methyl sites for hydroxylation is 1. The Kier molecular flexibility index (Phi) is 5.88. The summed E-state index contributed by atoms with van der Waals surface area (Å²) in [7, 11) is 0. The zero-order valence-electron chi connectivity index (χ0n) is 21.5. The van der Waals surface area contributed by atoms with Gasteiger partial charge >= 0.3 is 0 Å². The van der Waals surface area contributed by atoms with Gasteiger partial charge in [0.2, 0.25) is 5.91 Å². The van der Waals surface area contributed by atoms with Crippen molar-refractivity contribution in [2.24, 2.45) is 0 Å². The molecule has 3 heterocycles. The van der Waals surface area contributed by atoms with Crippen LogP contribution in [0.3, 0.4) is 0 Å². The summed E-state index contributed by atoms with van der Waals surface area (Å²) in [5.74, 6) is 0.0217. The average molecular weight is 534 g/mol. The molecule has 6 aromatic rings. The fourth-order valence-corrected chi connectivity index (χ4v) is 4.64. The molecular weight excluding hydrogens is 510 g/mol. The first-order chi connectivity index (χ1) is 19.3. The van der Waals surface area contributed by atoms with E-state index in [1.165, 1.54) is 6.92 Å². The van der Waals surface area contributed by atoms with Crippen LogP contribution in [0.5, 0.6) is 0 Å². The summed E-state index contributed by atoms with van der Waals surface area (Å²) in [6.45, 7) is 3.31. The number of aromatic nitrogens is 4. The van der Waals surface area contributed by atoms with Gasteiger partial charge in [-0.3, -0.25) is 14.4 Å². The number of amides is 2. The number of H-pyrrole nitrogens is 1. The second-order valence-electron chi connectivity index (χ2n) is 9.24. The molecule has 0 bridgehead atoms. The predicted molar refractivity (Wildman–Crippen MR) is 153 cm³/mol. The van der Waals surface area contributed by atoms with Crippen LogP contribution in [0.4, 0.5) is 17.2 Å². The van der Waals surface area contributed by atoms with Gasteiger partial charge in [-0.2, -0.15) is 10.2 Å². The molecule has 0 fully saturated rings. The lowest BCUT2D eigenvalue weighted by Gasteiger charge is -2.09. The number of nitrogen functional groups attached to an aromatic ring is 1. The molecule has 6 rings (SSSR count). The maximum atomic E-state index is 12.9. The van der Waals surface area contributed by atoms with Crippen LogP contribution in [0, 0.1) is 6.92 Å². The standard InChI is InChI=1S/C29H23N7O4/c1-15-21-13-8-17(28(38)32-18-6-4-3-5-7-18)14-22(21)40-26(15)25-23-24(29(39)34-33-27(23)30)35-36(25)20-11-9-19(10-12-20)31-16(2)37/h3-14H,1-2H3,(H2,30,33)(H,31,37)(H,32,38)(H,34,39). The number of aromatic amines is 1. The first-order valence-electron chi connectivity index (χ1n) is 12.3. The summed E-state index contributed by atoms with van der Waals surface area (Å²) in [5, 5.41) is 17.6. The number of para-hydroxylation sites is 1. The number of fused-ring (bicyclic) bond motifs is 2. The van der Waals surface area contributed by atoms with Crippen molar-refractivity contribution < 1.29 is 14.0 Å². The third-order valence-electron chi connectivity index (χ3n) is 6.51. The van der Waals surface area contributed by atoms with E-state index in [2.05, 4.69) is 25.9 Å². The third kappa shape index (κ3) is 4.25. The molecule has 0 aliphatic carbocycles. The average Bonchev–Trinajstić information content (AvgIpc) is 3.50. The van der Waals surface area contributed by atoms with E-state index in [1.54, 1.807) is 53.2 Å². The van der Waals surface area contributed by atoms with E-state index in [1.807, 2.05) is 31.2 Å². The molecule has 3 aromatic carbocycles. The number of carbonyl (C=O) groups is 2. The Hall–Kier alpha value is -5.71. The number of rotatable bonds is 5. The van der Waals surface area contributed by atoms with E-state index < -0.39 is 5.56 Å². The van der Waals surface area contributed by atoms with Crippen molar-refractivity contribution in [2.45, 2.75) is 13.8 Å². The quantitative estimate of drug-likeness (QED) is 0.251. The molecule has 3 aromatic heterocycles. The van der Waals surface area contributed by atoms with Gasteiger partial charge in [0.1, 0.15) is 11.3 Å². The van der Waals surface area contributed by atoms with Crippen LogP contribution in [-0.4, -0.2) is 31.8 Å². The molecule has 0 aliphatic rings. The molecule has 5 N–H and O–H groups in total. The fourth-order valence-electron chi connectivity index (χ4n) is 4.64. The molecule has 40 heavy (non-hydrogen) atoms. The van der Waals surface area contributed by atoms with Crippen molar-refractivity contribution in [3.63, 3.8) is 0 Å². The molecule has 11 heteroatoms. The zero-order chi connectivity index (χ0) is 28.0. The zero-order valence-corrected chi connectivity index (χ0v) is 21.5. The van der Waals surface area contributed by atoms with Crippen LogP contribution in [0.1, 0.15) is 22.8 Å². The van der Waals surface area contributed by atoms with Crippen molar-refractivity contribution in [3.05, 3.63) is 94.3 Å². The Balaban J connectivity index is 1.50. The topological polar surface area (TPSA) is 161 Å². The smallest absolute Gasteiger partial charge is 0.292 e. The Morgan fingerprint density at radius 1 is 0.975 bits per heavy atom. The van der Waals surface area contributed by atoms with Gasteiger partial charge in [-0.1, -0.05) is 24.3 Å². The highest BCUT2D eigenvalue weighted by Crippen LogP contribution is 2.39. The van der Waals surface area contributed by atoms with E-state index in [0.717, 1.165) is 10.9 Å². The highest BCUT2D eigenvalue weighted by molar-refractivity contribution is 6.07. The van der Waals surface area contributed by atoms with E-state index >= 15 is 0 Å². The number of hydrogen-bond acceptors (Lipinski definition) is 7. The predicted octanol–water partition coefficient (Wildman–Crippen LogP) is 4.62. The molecule has 11 nitrogen and oxygen atoms in total. The first kappa shape index (κ1) is 24.6. The van der Waals surface area contributed by atoms with Crippen molar-refractivity contribution in [2.75, 3.05) is 16.4 Å². The minimum Gasteiger partial charge on any atom is -0.454 e. The van der Waals surface area contributed by atoms with E-state index in [9.17, 15) is 14.4 Å². The number of carbonyl (C=O) groups excluding carboxylic acids is 2. The normalized spacial score (nSPS) is 11.2. The summed E-state index contributed by atoms with van der Waals surface area (Å²) in [5.41, 5.74) is 9.80. The van der Waals surface area contributed by atoms with Gasteiger partial charge in [0.15, 0.2) is 17.1 Å². The molecular formula is C29H23N7O4. The Bertz CT molecular complexity index is 1990. The van der Waals surface area contributed by atoms with Crippen LogP contribution >= 0.6 is 0 Å². The molecule has 0 atom stereocenters. The second kappa shape index (κ2) is 9.55. The molecule has 0 unspecified atom stereocenters. The number of nitrogens with two attached hydrogens (primary N) is 1. The van der Waals surface area contributed by atoms with Gasteiger partial charge in [0.25, 0.3) is 11.5 Å². The lowest BCUT2D eigenvalue weighted by Crippen LogP contribution is -2.11. The van der Waals surface area contributed by atoms with E-state index in [0.29, 0.717) is 45.0 Å². The lowest BCUT2D eigenvalue weighted by molar-refractivity contribution is -0.114. The first-order valence-corrected chi connectivity index (χ1v) is 12.3. The van der Waals surface area contributed by atoms with E-state index in [-0.39, 0.29) is 23.1 Å². The number of furan rings is 1. The summed E-state index contributed by atoms with van der Waals surface area (Å²) in [6.07, 6.45) is 0. The van der Waals surface area contributed by atoms with Crippen molar-refractivity contribution >= 4 is 50.9 Å². The minimum absolute atomic E-state index is 0.0773. The van der Waals surface area contributed by atoms with Crippen LogP contribution in [0.2, 0.25) is 0 Å². The lowest BCUT2D eigenvalue weighted by atomic mass is 10.1. The second-order valence-corrected chi connectivity index (χ2v) is 9.24. The van der Waals surface area contributed by atoms with Crippen LogP contribution in [0.25, 0.3) is 39.0 Å². The number of anilines is 3. The molecule has 2 amide bonds. The van der Waals surface area contributed by atoms with Gasteiger partial charge < -0.3 is 20.8 Å². The number of benzene rings is 3. The maximum absolute atomic E-state index is 12.9. The molecule has 198 valence electrons. The van der Waals surface area contributed by atoms with Crippen LogP contribution in [0.15, 0.2) is 82.0 Å². The SMILES string of the molecule is CC(=O)Nc1ccc(-n2nc3c(=O)[nH]nc(N)c3c2-c2oc3cc(C(=O)Nc4ccccc4)ccc3c2C)cc1. The van der Waals surface area contributed by atoms with Gasteiger partial charge in [-0.25, -0.2) is 9.78 Å². The molecule has 0 saturated carbocycles. The van der Waals surface area contributed by atoms with Gasteiger partial charge in [0.05, 0.1) is 11.1 Å². The monoisotopic (exact) mass is 533 g/mol. The summed E-state index contributed by atoms with van der Waals surface area (Å²) in [4.78, 5) is 37.1. The summed E-state index contributed by atoms with van der Waals surface area (Å²) < 4.78 is 7.89. The highest BCUT2D eigenvalue weighted by atomic mass is 16.3. The van der Waals surface area contributed by atoms with Crippen LogP contribution < -0.4 is 21.9 Å². The van der Waals surface area contributed by atoms with Crippen molar-refractivity contribution in [1.29, 1.82) is 0 Å². The van der Waals surface area contributed by atoms with Crippen molar-refractivity contribution in [3.8, 4) is 17.1 Å². The largest absolute Gasteiger partial charge is 0.454 e. The Morgan fingerprint density at radius 3 is 2.42 bits per heavy atom. The minimum atomic E-state index is -0.507. The third-order valence-corrected chi connectivity index (χ3v) is 6.51. The summed E-state index contributed by atoms with van der Waals surface area (Å²) in [6, 6.07) is 21.3. The Labute approximate surface area is 226 Å². The summed E-state index contributed by atoms with van der Waals surface area (Å²) >= 11 is 0. The van der Waals surface area contributed by atoms with Crippen molar-refractivity contribution in [1.82, 2.24) is 20.0 Å². The number of hydrogen-bond donors (Lipinski definition) is 4. The molecule has 0 spiro atoms. The maximum Gasteiger partial charge on any atom is 0.292 e. The Morgan fingerprint density at radius 2 is 1.70 bits per heavy atom. The number of nitrogens with one attached hydrogen (secondary N) is 3. The highest BCUT2D eigenvalue weighted by Gasteiger charge is 2.25. The van der Waals surface area contributed by atoms with Gasteiger partial charge in [0, 0.05) is 34.8 Å². The molecule has 0 aliphatic heterocycles. The fraction of sp³-hybridized carbons (Fsp3) is 0.0690. The molecule has 0 saturated heterocycles. The van der Waals surface area contributed by atoms with Gasteiger partial charge in [-0.15, -0.1) is 0 Å². The van der Waals surface area contributed by atoms with Crippen LogP contribution in [-0.2, 0) is 4.79 Å². The van der Waals surface area contributed by atoms with Gasteiger partial charge in [-0.05, 0) is 55.5 Å². The van der Waals surface area contributed by atoms with E-state index in [4.69, 9.17) is 10.2 Å². The number of nitrogens with zero attached hydrogens (tertiary/aromatic N) is 3.